The van der Waals surface area contributed by atoms with Crippen molar-refractivity contribution < 1.29 is 119 Å². The van der Waals surface area contributed by atoms with E-state index in [4.69, 9.17) is 0 Å². The molecule has 5 aromatic rings. The number of benzene rings is 4. The Hall–Kier alpha value is -0.790. The second-order valence-electron chi connectivity index (χ2n) is 8.26. The predicted molar refractivity (Wildman–Crippen MR) is 144 cm³/mol. The summed E-state index contributed by atoms with van der Waals surface area (Å²) in [5, 5.41) is 12.6. The van der Waals surface area contributed by atoms with Crippen molar-refractivity contribution in [3.05, 3.63) is 77.9 Å². The Balaban J connectivity index is 0.00000205. The first-order chi connectivity index (χ1) is 18.6. The van der Waals surface area contributed by atoms with E-state index in [9.17, 15) is 30.5 Å². The maximum atomic E-state index is 12.2. The van der Waals surface area contributed by atoms with E-state index in [1.807, 2.05) is 0 Å². The van der Waals surface area contributed by atoms with Gasteiger partial charge in [-0.1, -0.05) is 48.6 Å². The average Bonchev–Trinajstić information content (AvgIpc) is 3.35. The van der Waals surface area contributed by atoms with E-state index >= 15 is 0 Å². The Morgan fingerprint density at radius 1 is 0.810 bits per heavy atom. The van der Waals surface area contributed by atoms with Crippen LogP contribution in [0.5, 0.6) is 0 Å². The fourth-order valence-electron chi connectivity index (χ4n) is 4.12. The van der Waals surface area contributed by atoms with Crippen molar-refractivity contribution in [2.24, 2.45) is 0 Å². The Morgan fingerprint density at radius 2 is 1.43 bits per heavy atom. The molecule has 0 saturated heterocycles. The van der Waals surface area contributed by atoms with Gasteiger partial charge in [0.2, 0.25) is 0 Å². The molecular formula is C25H17N4Na3O7S3. The van der Waals surface area contributed by atoms with Gasteiger partial charge in [-0.25, -0.2) is 8.42 Å². The van der Waals surface area contributed by atoms with Crippen molar-refractivity contribution in [3.8, 4) is 5.69 Å². The van der Waals surface area contributed by atoms with Gasteiger partial charge in [0, 0.05) is 27.9 Å². The molecule has 1 aromatic heterocycles. The van der Waals surface area contributed by atoms with Crippen molar-refractivity contribution >= 4 is 71.9 Å². The third-order valence-corrected chi connectivity index (χ3v) is 8.26. The molecule has 0 saturated carbocycles. The smallest absolute Gasteiger partial charge is 0.768 e. The van der Waals surface area contributed by atoms with Gasteiger partial charge in [-0.15, -0.1) is 10.2 Å². The van der Waals surface area contributed by atoms with Crippen LogP contribution < -0.4 is 94.0 Å². The monoisotopic (exact) mass is 650 g/mol. The summed E-state index contributed by atoms with van der Waals surface area (Å²) in [4.78, 5) is 0.570. The zero-order valence-corrected chi connectivity index (χ0v) is 31.4. The molecule has 0 aliphatic carbocycles. The number of fused-ring (bicyclic) bond motifs is 3. The molecule has 1 heterocycles. The molecule has 200 valence electrons. The summed E-state index contributed by atoms with van der Waals surface area (Å²) in [7, 11) is -3.33. The molecule has 17 heteroatoms. The van der Waals surface area contributed by atoms with E-state index in [1.165, 1.54) is 36.4 Å². The van der Waals surface area contributed by atoms with Crippen molar-refractivity contribution in [2.75, 3.05) is 12.4 Å². The first-order valence-electron chi connectivity index (χ1n) is 11.1. The van der Waals surface area contributed by atoms with E-state index in [0.717, 1.165) is 10.9 Å². The minimum Gasteiger partial charge on any atom is -0.768 e. The molecule has 0 aliphatic rings. The minimum atomic E-state index is -4.97. The summed E-state index contributed by atoms with van der Waals surface area (Å²) in [5.74, 6) is 0. The number of hydrogen-bond donors (Lipinski definition) is 1. The molecule has 0 spiro atoms. The molecule has 0 bridgehead atoms. The van der Waals surface area contributed by atoms with Gasteiger partial charge in [-0.05, 0) is 69.0 Å². The maximum absolute atomic E-state index is 12.2. The zero-order chi connectivity index (χ0) is 27.9. The van der Waals surface area contributed by atoms with Crippen LogP contribution in [0.3, 0.4) is 0 Å². The fourth-order valence-corrected chi connectivity index (χ4v) is 5.93. The summed E-state index contributed by atoms with van der Waals surface area (Å²) in [6.45, 7) is 0. The van der Waals surface area contributed by atoms with Crippen molar-refractivity contribution in [1.82, 2.24) is 15.0 Å². The average molecular weight is 651 g/mol. The van der Waals surface area contributed by atoms with Gasteiger partial charge in [-0.2, -0.15) is 4.80 Å². The topological polar surface area (TPSA) is 180 Å². The summed E-state index contributed by atoms with van der Waals surface area (Å²) in [6.07, 6.45) is 2.72. The molecule has 11 nitrogen and oxygen atoms in total. The van der Waals surface area contributed by atoms with E-state index in [2.05, 4.69) is 15.5 Å². The van der Waals surface area contributed by atoms with Crippen LogP contribution in [-0.4, -0.2) is 52.5 Å². The third kappa shape index (κ3) is 7.88. The van der Waals surface area contributed by atoms with Gasteiger partial charge in [0.1, 0.15) is 21.2 Å². The summed E-state index contributed by atoms with van der Waals surface area (Å²) in [5.41, 5.74) is 1.68. The Kier molecular flexibility index (Phi) is 13.8. The van der Waals surface area contributed by atoms with Crippen LogP contribution in [0.2, 0.25) is 0 Å². The summed E-state index contributed by atoms with van der Waals surface area (Å²) in [6, 6.07) is 16.7. The molecule has 1 N–H and O–H groups in total. The summed E-state index contributed by atoms with van der Waals surface area (Å²) < 4.78 is 83.4. The number of anilines is 1. The maximum Gasteiger partial charge on any atom is 1.00 e. The molecular weight excluding hydrogens is 633 g/mol. The Morgan fingerprint density at radius 3 is 2.05 bits per heavy atom. The quantitative estimate of drug-likeness (QED) is 0.0772. The van der Waals surface area contributed by atoms with Crippen molar-refractivity contribution in [2.45, 2.75) is 14.7 Å². The third-order valence-electron chi connectivity index (χ3n) is 5.96. The minimum absolute atomic E-state index is 0. The first-order valence-corrected chi connectivity index (χ1v) is 14.7. The standard InChI is InChI=1S/C25H20N4O7S3.3Na/c1-26-17-10-8-15(22(12-17)37(30)31)6-7-16-9-11-18(13-24(16)39(34,35)36)29-27-21-14-23(38(32)33)19-4-2-3-5-20(19)25(21)28-29;;;/h2-14,26H,1H3,(H,30,31)(H,32,33)(H,34,35,36);;;/q;3*+1/p-3. The second-order valence-corrected chi connectivity index (χ2v) is 11.4. The molecule has 42 heavy (non-hydrogen) atoms. The van der Waals surface area contributed by atoms with Crippen LogP contribution in [0.4, 0.5) is 5.69 Å². The molecule has 5 rings (SSSR count). The van der Waals surface area contributed by atoms with E-state index in [-0.39, 0.29) is 115 Å². The molecule has 0 fully saturated rings. The number of nitrogens with one attached hydrogen (secondary N) is 1. The number of nitrogens with zero attached hydrogens (tertiary/aromatic N) is 3. The molecule has 4 aromatic carbocycles. The predicted octanol–water partition coefficient (Wildman–Crippen LogP) is -5.82. The zero-order valence-electron chi connectivity index (χ0n) is 22.9. The van der Waals surface area contributed by atoms with Gasteiger partial charge in [-0.3, -0.25) is 8.42 Å². The summed E-state index contributed by atoms with van der Waals surface area (Å²) >= 11 is -5.10. The van der Waals surface area contributed by atoms with Gasteiger partial charge in [0.15, 0.2) is 0 Å². The van der Waals surface area contributed by atoms with Crippen molar-refractivity contribution in [3.63, 3.8) is 0 Å². The number of rotatable bonds is 7. The van der Waals surface area contributed by atoms with Gasteiger partial charge < -0.3 is 19.0 Å². The Labute approximate surface area is 312 Å². The first kappa shape index (κ1) is 37.4. The normalized spacial score (nSPS) is 12.8. The fraction of sp³-hybridized carbons (Fsp3) is 0.0400. The van der Waals surface area contributed by atoms with Crippen LogP contribution in [0, 0.1) is 0 Å². The van der Waals surface area contributed by atoms with E-state index in [1.54, 1.807) is 43.4 Å². The van der Waals surface area contributed by atoms with Gasteiger partial charge in [0.05, 0.1) is 10.6 Å². The Bertz CT molecular complexity index is 1970. The molecule has 0 aliphatic heterocycles. The van der Waals surface area contributed by atoms with Crippen LogP contribution in [-0.2, 0) is 32.3 Å². The molecule has 0 radical (unpaired) electrons. The van der Waals surface area contributed by atoms with Crippen molar-refractivity contribution in [1.29, 1.82) is 0 Å². The van der Waals surface area contributed by atoms with E-state index < -0.39 is 37.2 Å². The van der Waals surface area contributed by atoms with Crippen LogP contribution in [0.15, 0.2) is 81.4 Å². The molecule has 2 atom stereocenters. The van der Waals surface area contributed by atoms with Gasteiger partial charge >= 0.3 is 88.7 Å². The van der Waals surface area contributed by atoms with Crippen LogP contribution >= 0.6 is 0 Å². The van der Waals surface area contributed by atoms with E-state index in [0.29, 0.717) is 27.5 Å². The SMILES string of the molecule is CNc1ccc(C=Cc2ccc(-n3nc4cc(S(=O)[O-])c5ccccc5c4n3)cc2S(=O)(=O)[O-])c(S(=O)[O-])c1.[Na+].[Na+].[Na+]. The van der Waals surface area contributed by atoms with Gasteiger partial charge in [0.25, 0.3) is 0 Å². The van der Waals surface area contributed by atoms with Crippen LogP contribution in [0.25, 0.3) is 39.6 Å². The molecule has 2 unspecified atom stereocenters. The number of hydrogen-bond acceptors (Lipinski definition) is 10. The number of aromatic nitrogens is 3. The molecule has 0 amide bonds. The largest absolute Gasteiger partial charge is 1.00 e. The van der Waals surface area contributed by atoms with Crippen LogP contribution in [0.1, 0.15) is 11.1 Å². The second kappa shape index (κ2) is 15.5.